The van der Waals surface area contributed by atoms with E-state index in [1.54, 1.807) is 0 Å². The van der Waals surface area contributed by atoms with E-state index in [2.05, 4.69) is 207 Å². The number of hydrogen-bond acceptors (Lipinski definition) is 0. The second-order valence-corrected chi connectivity index (χ2v) is 15.2. The third-order valence-electron chi connectivity index (χ3n) is 12.1. The average Bonchev–Trinajstić information content (AvgIpc) is 3.61. The number of aromatic nitrogens is 1. The summed E-state index contributed by atoms with van der Waals surface area (Å²) >= 11 is 0. The SMILES string of the molecule is C=C/C=C\c1ccccc1-c1ccc(-c2ccc3c(c2)c2ccccc2n3-c2ccc3c4ccccc4c4ccccc4c3c2)cc1-c1ccccc1C(C)CC. The number of allylic oxidation sites excluding steroid dienone is 2. The molecule has 57 heavy (non-hydrogen) atoms. The summed E-state index contributed by atoms with van der Waals surface area (Å²) in [5.74, 6) is 0.433. The molecule has 0 amide bonds. The fraction of sp³-hybridized carbons (Fsp3) is 0.0714. The van der Waals surface area contributed by atoms with Gasteiger partial charge in [-0.15, -0.1) is 0 Å². The van der Waals surface area contributed by atoms with Crippen molar-refractivity contribution in [1.29, 1.82) is 0 Å². The molecule has 0 radical (unpaired) electrons. The van der Waals surface area contributed by atoms with Gasteiger partial charge in [-0.2, -0.15) is 0 Å². The van der Waals surface area contributed by atoms with Gasteiger partial charge < -0.3 is 4.57 Å². The minimum atomic E-state index is 0.433. The van der Waals surface area contributed by atoms with E-state index in [0.29, 0.717) is 5.92 Å². The maximum atomic E-state index is 3.93. The molecule has 1 nitrogen and oxygen atoms in total. The molecule has 1 heteroatoms. The summed E-state index contributed by atoms with van der Waals surface area (Å²) in [6, 6.07) is 65.2. The fourth-order valence-corrected chi connectivity index (χ4v) is 9.10. The number of benzene rings is 9. The van der Waals surface area contributed by atoms with Gasteiger partial charge >= 0.3 is 0 Å². The van der Waals surface area contributed by atoms with Crippen LogP contribution in [0, 0.1) is 0 Å². The van der Waals surface area contributed by atoms with Crippen LogP contribution in [0.25, 0.3) is 99.3 Å². The van der Waals surface area contributed by atoms with Crippen molar-refractivity contribution in [3.63, 3.8) is 0 Å². The normalized spacial score (nSPS) is 12.4. The van der Waals surface area contributed by atoms with Crippen molar-refractivity contribution in [2.75, 3.05) is 0 Å². The van der Waals surface area contributed by atoms with Gasteiger partial charge in [0.25, 0.3) is 0 Å². The lowest BCUT2D eigenvalue weighted by Gasteiger charge is -2.20. The molecule has 0 saturated carbocycles. The first-order valence-corrected chi connectivity index (χ1v) is 20.1. The van der Waals surface area contributed by atoms with Crippen molar-refractivity contribution in [1.82, 2.24) is 4.57 Å². The molecule has 0 bridgehead atoms. The molecule has 0 saturated heterocycles. The topological polar surface area (TPSA) is 4.93 Å². The predicted molar refractivity (Wildman–Crippen MR) is 248 cm³/mol. The van der Waals surface area contributed by atoms with Crippen molar-refractivity contribution < 1.29 is 0 Å². The Morgan fingerprint density at radius 3 is 1.79 bits per heavy atom. The summed E-state index contributed by atoms with van der Waals surface area (Å²) in [4.78, 5) is 0. The molecule has 0 N–H and O–H groups in total. The van der Waals surface area contributed by atoms with Gasteiger partial charge in [0.05, 0.1) is 11.0 Å². The van der Waals surface area contributed by atoms with Crippen LogP contribution in [0.15, 0.2) is 195 Å². The van der Waals surface area contributed by atoms with E-state index in [9.17, 15) is 0 Å². The predicted octanol–water partition coefficient (Wildman–Crippen LogP) is 16.0. The first kappa shape index (κ1) is 34.5. The summed E-state index contributed by atoms with van der Waals surface area (Å²) in [6.45, 7) is 8.55. The van der Waals surface area contributed by atoms with Gasteiger partial charge in [-0.05, 0) is 126 Å². The average molecular weight is 730 g/mol. The van der Waals surface area contributed by atoms with Crippen LogP contribution in [0.3, 0.4) is 0 Å². The van der Waals surface area contributed by atoms with Crippen molar-refractivity contribution >= 4 is 60.2 Å². The summed E-state index contributed by atoms with van der Waals surface area (Å²) < 4.78 is 2.45. The maximum Gasteiger partial charge on any atom is 0.0541 e. The first-order valence-electron chi connectivity index (χ1n) is 20.1. The Morgan fingerprint density at radius 2 is 1.05 bits per heavy atom. The molecule has 0 fully saturated rings. The van der Waals surface area contributed by atoms with Crippen molar-refractivity contribution in [2.24, 2.45) is 0 Å². The Morgan fingerprint density at radius 1 is 0.474 bits per heavy atom. The summed E-state index contributed by atoms with van der Waals surface area (Å²) in [6.07, 6.45) is 7.10. The molecule has 1 aromatic heterocycles. The van der Waals surface area contributed by atoms with Crippen LogP contribution in [0.5, 0.6) is 0 Å². The summed E-state index contributed by atoms with van der Waals surface area (Å²) in [5.41, 5.74) is 13.5. The van der Waals surface area contributed by atoms with E-state index in [1.165, 1.54) is 104 Å². The molecule has 1 unspecified atom stereocenters. The Bertz CT molecular complexity index is 3170. The largest absolute Gasteiger partial charge is 0.309 e. The lowest BCUT2D eigenvalue weighted by Crippen LogP contribution is -1.97. The van der Waals surface area contributed by atoms with Crippen LogP contribution in [0.4, 0.5) is 0 Å². The van der Waals surface area contributed by atoms with Gasteiger partial charge in [-0.25, -0.2) is 0 Å². The highest BCUT2D eigenvalue weighted by molar-refractivity contribution is 6.25. The second kappa shape index (κ2) is 14.3. The highest BCUT2D eigenvalue weighted by Crippen LogP contribution is 2.43. The highest BCUT2D eigenvalue weighted by atomic mass is 15.0. The lowest BCUT2D eigenvalue weighted by atomic mass is 9.84. The fourth-order valence-electron chi connectivity index (χ4n) is 9.10. The molecule has 9 aromatic carbocycles. The van der Waals surface area contributed by atoms with Gasteiger partial charge in [-0.3, -0.25) is 0 Å². The third kappa shape index (κ3) is 5.78. The van der Waals surface area contributed by atoms with Crippen LogP contribution in [0.1, 0.15) is 37.3 Å². The minimum absolute atomic E-state index is 0.433. The molecule has 0 aliphatic heterocycles. The van der Waals surface area contributed by atoms with Gasteiger partial charge in [0.1, 0.15) is 0 Å². The van der Waals surface area contributed by atoms with Crippen molar-refractivity contribution in [3.8, 4) is 39.1 Å². The molecular formula is C56H43N. The smallest absolute Gasteiger partial charge is 0.0541 e. The Labute approximate surface area is 334 Å². The van der Waals surface area contributed by atoms with E-state index in [1.807, 2.05) is 12.2 Å². The molecule has 1 atom stereocenters. The molecule has 1 heterocycles. The molecule has 0 aliphatic rings. The van der Waals surface area contributed by atoms with E-state index in [0.717, 1.165) is 6.42 Å². The van der Waals surface area contributed by atoms with E-state index in [4.69, 9.17) is 0 Å². The van der Waals surface area contributed by atoms with Crippen molar-refractivity contribution in [2.45, 2.75) is 26.2 Å². The third-order valence-corrected chi connectivity index (χ3v) is 12.1. The van der Waals surface area contributed by atoms with Gasteiger partial charge in [0, 0.05) is 16.5 Å². The number of fused-ring (bicyclic) bond motifs is 9. The van der Waals surface area contributed by atoms with Crippen LogP contribution >= 0.6 is 0 Å². The molecular weight excluding hydrogens is 687 g/mol. The van der Waals surface area contributed by atoms with Crippen LogP contribution < -0.4 is 0 Å². The quantitative estimate of drug-likeness (QED) is 0.108. The Kier molecular flexibility index (Phi) is 8.65. The lowest BCUT2D eigenvalue weighted by molar-refractivity contribution is 0.735. The Hall–Kier alpha value is -6.96. The zero-order valence-electron chi connectivity index (χ0n) is 32.4. The zero-order valence-corrected chi connectivity index (χ0v) is 32.4. The number of nitrogens with zero attached hydrogens (tertiary/aromatic N) is 1. The van der Waals surface area contributed by atoms with Crippen LogP contribution in [-0.4, -0.2) is 4.57 Å². The molecule has 10 aromatic rings. The van der Waals surface area contributed by atoms with E-state index < -0.39 is 0 Å². The number of hydrogen-bond donors (Lipinski definition) is 0. The van der Waals surface area contributed by atoms with Gasteiger partial charge in [-0.1, -0.05) is 178 Å². The molecule has 0 aliphatic carbocycles. The monoisotopic (exact) mass is 729 g/mol. The van der Waals surface area contributed by atoms with Gasteiger partial charge in [0.15, 0.2) is 0 Å². The maximum absolute atomic E-state index is 3.93. The second-order valence-electron chi connectivity index (χ2n) is 15.2. The van der Waals surface area contributed by atoms with Gasteiger partial charge in [0.2, 0.25) is 0 Å². The molecule has 0 spiro atoms. The minimum Gasteiger partial charge on any atom is -0.309 e. The van der Waals surface area contributed by atoms with Crippen molar-refractivity contribution in [3.05, 3.63) is 206 Å². The highest BCUT2D eigenvalue weighted by Gasteiger charge is 2.19. The Balaban J connectivity index is 1.17. The number of rotatable bonds is 8. The molecule has 10 rings (SSSR count). The number of para-hydroxylation sites is 1. The van der Waals surface area contributed by atoms with Crippen LogP contribution in [0.2, 0.25) is 0 Å². The summed E-state index contributed by atoms with van der Waals surface area (Å²) in [5, 5.41) is 10.2. The zero-order chi connectivity index (χ0) is 38.5. The van der Waals surface area contributed by atoms with Crippen LogP contribution in [-0.2, 0) is 0 Å². The first-order chi connectivity index (χ1) is 28.1. The molecule has 272 valence electrons. The standard InChI is InChI=1S/C56H43N/c1-4-6-17-38-18-7-8-20-43(38)49-31-28-39(34-52(49)44-21-10-9-19-42(44)37(3)5-2)40-29-33-56-54(35-40)51-26-15-16-27-55(51)57(56)41-30-32-50-47-24-12-11-22-45(47)46-23-13-14-25-48(46)53(50)36-41/h4,6-37H,1,5H2,2-3H3/b17-6-. The van der Waals surface area contributed by atoms with E-state index >= 15 is 0 Å². The van der Waals surface area contributed by atoms with E-state index in [-0.39, 0.29) is 0 Å². The summed E-state index contributed by atoms with van der Waals surface area (Å²) in [7, 11) is 0.